The molecule has 1 heterocycles. The van der Waals surface area contributed by atoms with Crippen molar-refractivity contribution in [2.75, 3.05) is 33.2 Å². The SMILES string of the molecule is COc1cc(C)c(NC(=O)C2CC(OC)CN2)cc1OC. The second kappa shape index (κ2) is 6.78. The van der Waals surface area contributed by atoms with Gasteiger partial charge in [0.25, 0.3) is 0 Å². The molecule has 0 aromatic heterocycles. The van der Waals surface area contributed by atoms with Gasteiger partial charge in [0.2, 0.25) is 5.91 Å². The summed E-state index contributed by atoms with van der Waals surface area (Å²) in [5.41, 5.74) is 1.64. The third kappa shape index (κ3) is 3.46. The molecule has 116 valence electrons. The number of benzene rings is 1. The van der Waals surface area contributed by atoms with Crippen molar-refractivity contribution in [3.63, 3.8) is 0 Å². The normalized spacial score (nSPS) is 21.1. The van der Waals surface area contributed by atoms with Crippen LogP contribution in [0.1, 0.15) is 12.0 Å². The Bertz CT molecular complexity index is 519. The Morgan fingerprint density at radius 1 is 1.24 bits per heavy atom. The van der Waals surface area contributed by atoms with Crippen molar-refractivity contribution in [2.24, 2.45) is 0 Å². The van der Waals surface area contributed by atoms with Crippen LogP contribution in [0.5, 0.6) is 11.5 Å². The summed E-state index contributed by atoms with van der Waals surface area (Å²) >= 11 is 0. The van der Waals surface area contributed by atoms with Gasteiger partial charge >= 0.3 is 0 Å². The van der Waals surface area contributed by atoms with Gasteiger partial charge in [-0.15, -0.1) is 0 Å². The zero-order chi connectivity index (χ0) is 15.4. The van der Waals surface area contributed by atoms with E-state index in [9.17, 15) is 4.79 Å². The van der Waals surface area contributed by atoms with E-state index in [0.717, 1.165) is 11.3 Å². The number of aryl methyl sites for hydroxylation is 1. The highest BCUT2D eigenvalue weighted by Gasteiger charge is 2.29. The molecular formula is C15H22N2O4. The molecule has 2 rings (SSSR count). The van der Waals surface area contributed by atoms with Crippen LogP contribution < -0.4 is 20.1 Å². The number of anilines is 1. The molecule has 0 aliphatic carbocycles. The maximum atomic E-state index is 12.3. The van der Waals surface area contributed by atoms with E-state index in [0.29, 0.717) is 24.5 Å². The fourth-order valence-corrected chi connectivity index (χ4v) is 2.42. The van der Waals surface area contributed by atoms with Gasteiger partial charge in [-0.1, -0.05) is 0 Å². The molecule has 1 aliphatic heterocycles. The minimum absolute atomic E-state index is 0.0649. The molecule has 0 bridgehead atoms. The fraction of sp³-hybridized carbons (Fsp3) is 0.533. The molecule has 1 saturated heterocycles. The first-order valence-electron chi connectivity index (χ1n) is 6.88. The van der Waals surface area contributed by atoms with Crippen molar-refractivity contribution < 1.29 is 19.0 Å². The molecule has 1 aromatic rings. The maximum Gasteiger partial charge on any atom is 0.241 e. The maximum absolute atomic E-state index is 12.3. The lowest BCUT2D eigenvalue weighted by Gasteiger charge is -2.16. The molecule has 0 spiro atoms. The Balaban J connectivity index is 2.10. The van der Waals surface area contributed by atoms with Crippen LogP contribution in [-0.4, -0.2) is 45.9 Å². The highest BCUT2D eigenvalue weighted by molar-refractivity contribution is 5.96. The summed E-state index contributed by atoms with van der Waals surface area (Å²) in [7, 11) is 4.81. The number of ether oxygens (including phenoxy) is 3. The lowest BCUT2D eigenvalue weighted by atomic mass is 10.1. The summed E-state index contributed by atoms with van der Waals surface area (Å²) in [6.07, 6.45) is 0.765. The zero-order valence-corrected chi connectivity index (χ0v) is 12.9. The number of hydrogen-bond donors (Lipinski definition) is 2. The Labute approximate surface area is 124 Å². The summed E-state index contributed by atoms with van der Waals surface area (Å²) in [4.78, 5) is 12.3. The molecular weight excluding hydrogens is 272 g/mol. The van der Waals surface area contributed by atoms with Gasteiger partial charge in [0.1, 0.15) is 0 Å². The van der Waals surface area contributed by atoms with Gasteiger partial charge in [-0.2, -0.15) is 0 Å². The van der Waals surface area contributed by atoms with E-state index < -0.39 is 0 Å². The van der Waals surface area contributed by atoms with Crippen LogP contribution in [0.25, 0.3) is 0 Å². The Morgan fingerprint density at radius 2 is 1.90 bits per heavy atom. The number of rotatable bonds is 5. The molecule has 1 aromatic carbocycles. The van der Waals surface area contributed by atoms with Gasteiger partial charge in [0, 0.05) is 25.4 Å². The fourth-order valence-electron chi connectivity index (χ4n) is 2.42. The average molecular weight is 294 g/mol. The lowest BCUT2D eigenvalue weighted by Crippen LogP contribution is -2.35. The molecule has 6 nitrogen and oxygen atoms in total. The van der Waals surface area contributed by atoms with Crippen LogP contribution in [0.2, 0.25) is 0 Å². The van der Waals surface area contributed by atoms with E-state index >= 15 is 0 Å². The molecule has 6 heteroatoms. The smallest absolute Gasteiger partial charge is 0.241 e. The van der Waals surface area contributed by atoms with Crippen molar-refractivity contribution in [1.82, 2.24) is 5.32 Å². The van der Waals surface area contributed by atoms with Crippen LogP contribution in [-0.2, 0) is 9.53 Å². The van der Waals surface area contributed by atoms with Crippen LogP contribution in [0.15, 0.2) is 12.1 Å². The number of carbonyl (C=O) groups is 1. The van der Waals surface area contributed by atoms with Crippen LogP contribution >= 0.6 is 0 Å². The van der Waals surface area contributed by atoms with Gasteiger partial charge in [-0.05, 0) is 25.0 Å². The largest absolute Gasteiger partial charge is 0.493 e. The van der Waals surface area contributed by atoms with Gasteiger partial charge in [-0.3, -0.25) is 4.79 Å². The molecule has 2 atom stereocenters. The first-order valence-corrected chi connectivity index (χ1v) is 6.88. The molecule has 0 saturated carbocycles. The van der Waals surface area contributed by atoms with Crippen molar-refractivity contribution in [3.8, 4) is 11.5 Å². The Morgan fingerprint density at radius 3 is 2.48 bits per heavy atom. The van der Waals surface area contributed by atoms with E-state index in [2.05, 4.69) is 10.6 Å². The Hall–Kier alpha value is -1.79. The van der Waals surface area contributed by atoms with E-state index in [1.807, 2.05) is 13.0 Å². The third-order valence-electron chi connectivity index (χ3n) is 3.73. The molecule has 1 amide bonds. The van der Waals surface area contributed by atoms with Crippen molar-refractivity contribution in [2.45, 2.75) is 25.5 Å². The van der Waals surface area contributed by atoms with Crippen LogP contribution in [0.3, 0.4) is 0 Å². The minimum Gasteiger partial charge on any atom is -0.493 e. The van der Waals surface area contributed by atoms with Crippen LogP contribution in [0.4, 0.5) is 5.69 Å². The monoisotopic (exact) mass is 294 g/mol. The molecule has 0 radical (unpaired) electrons. The first-order chi connectivity index (χ1) is 10.1. The number of hydrogen-bond acceptors (Lipinski definition) is 5. The van der Waals surface area contributed by atoms with E-state index in [4.69, 9.17) is 14.2 Å². The average Bonchev–Trinajstić information content (AvgIpc) is 2.97. The first kappa shape index (κ1) is 15.6. The zero-order valence-electron chi connectivity index (χ0n) is 12.9. The topological polar surface area (TPSA) is 68.8 Å². The third-order valence-corrected chi connectivity index (χ3v) is 3.73. The molecule has 2 N–H and O–H groups in total. The van der Waals surface area contributed by atoms with Crippen LogP contribution in [0, 0.1) is 6.92 Å². The van der Waals surface area contributed by atoms with Gasteiger partial charge in [0.15, 0.2) is 11.5 Å². The summed E-state index contributed by atoms with van der Waals surface area (Å²) in [5, 5.41) is 6.09. The van der Waals surface area contributed by atoms with Crippen molar-refractivity contribution in [1.29, 1.82) is 0 Å². The Kier molecular flexibility index (Phi) is 5.03. The predicted octanol–water partition coefficient (Wildman–Crippen LogP) is 1.33. The second-order valence-corrected chi connectivity index (χ2v) is 5.07. The predicted molar refractivity (Wildman–Crippen MR) is 80.1 cm³/mol. The van der Waals surface area contributed by atoms with Gasteiger partial charge in [-0.25, -0.2) is 0 Å². The summed E-state index contributed by atoms with van der Waals surface area (Å²) in [5.74, 6) is 1.17. The quantitative estimate of drug-likeness (QED) is 0.857. The number of carbonyl (C=O) groups excluding carboxylic acids is 1. The van der Waals surface area contributed by atoms with E-state index in [1.165, 1.54) is 0 Å². The molecule has 2 unspecified atom stereocenters. The lowest BCUT2D eigenvalue weighted by molar-refractivity contribution is -0.118. The molecule has 1 aliphatic rings. The number of methoxy groups -OCH3 is 3. The standard InChI is InChI=1S/C15H22N2O4/c1-9-5-13(20-3)14(21-4)7-11(9)17-15(18)12-6-10(19-2)8-16-12/h5,7,10,12,16H,6,8H2,1-4H3,(H,17,18). The second-order valence-electron chi connectivity index (χ2n) is 5.07. The highest BCUT2D eigenvalue weighted by Crippen LogP contribution is 2.33. The van der Waals surface area contributed by atoms with Crippen molar-refractivity contribution in [3.05, 3.63) is 17.7 Å². The summed E-state index contributed by atoms with van der Waals surface area (Å²) in [6.45, 7) is 2.61. The highest BCUT2D eigenvalue weighted by atomic mass is 16.5. The molecule has 21 heavy (non-hydrogen) atoms. The summed E-state index contributed by atoms with van der Waals surface area (Å²) < 4.78 is 15.8. The van der Waals surface area contributed by atoms with Gasteiger partial charge < -0.3 is 24.8 Å². The molecule has 1 fully saturated rings. The van der Waals surface area contributed by atoms with Gasteiger partial charge in [0.05, 0.1) is 26.4 Å². The van der Waals surface area contributed by atoms with E-state index in [-0.39, 0.29) is 18.1 Å². The van der Waals surface area contributed by atoms with Crippen molar-refractivity contribution >= 4 is 11.6 Å². The minimum atomic E-state index is -0.234. The number of nitrogens with one attached hydrogen (secondary N) is 2. The van der Waals surface area contributed by atoms with E-state index in [1.54, 1.807) is 27.4 Å². The summed E-state index contributed by atoms with van der Waals surface area (Å²) in [6, 6.07) is 3.38. The number of amides is 1.